The Morgan fingerprint density at radius 1 is 1.12 bits per heavy atom. The molecule has 1 amide bonds. The van der Waals surface area contributed by atoms with Gasteiger partial charge in [0.1, 0.15) is 11.8 Å². The van der Waals surface area contributed by atoms with E-state index in [1.165, 1.54) is 12.8 Å². The summed E-state index contributed by atoms with van der Waals surface area (Å²) in [7, 11) is 1.69. The Balaban J connectivity index is 1.88. The predicted molar refractivity (Wildman–Crippen MR) is 99.7 cm³/mol. The summed E-state index contributed by atoms with van der Waals surface area (Å²) in [4.78, 5) is 15.0. The van der Waals surface area contributed by atoms with E-state index in [1.54, 1.807) is 7.11 Å². The van der Waals surface area contributed by atoms with Crippen LogP contribution in [0, 0.1) is 0 Å². The van der Waals surface area contributed by atoms with Crippen molar-refractivity contribution in [3.8, 4) is 5.75 Å². The molecule has 1 atom stereocenters. The SMILES string of the molecule is CCCCCCC(=O)N1CCn2cccc2C1c1ccccc1OC. The van der Waals surface area contributed by atoms with Crippen LogP contribution in [0.25, 0.3) is 0 Å². The van der Waals surface area contributed by atoms with Crippen LogP contribution in [0.15, 0.2) is 42.6 Å². The molecule has 0 saturated carbocycles. The summed E-state index contributed by atoms with van der Waals surface area (Å²) < 4.78 is 7.83. The number of benzene rings is 1. The lowest BCUT2D eigenvalue weighted by molar-refractivity contribution is -0.134. The number of rotatable bonds is 7. The fourth-order valence-electron chi connectivity index (χ4n) is 3.72. The van der Waals surface area contributed by atoms with Gasteiger partial charge in [-0.3, -0.25) is 4.79 Å². The summed E-state index contributed by atoms with van der Waals surface area (Å²) in [5.74, 6) is 1.09. The number of methoxy groups -OCH3 is 1. The zero-order valence-corrected chi connectivity index (χ0v) is 15.3. The van der Waals surface area contributed by atoms with Crippen molar-refractivity contribution in [2.75, 3.05) is 13.7 Å². The smallest absolute Gasteiger partial charge is 0.223 e. The zero-order chi connectivity index (χ0) is 17.6. The molecule has 1 aromatic heterocycles. The number of hydrogen-bond donors (Lipinski definition) is 0. The average Bonchev–Trinajstić information content (AvgIpc) is 3.13. The number of ether oxygens (including phenoxy) is 1. The number of hydrogen-bond acceptors (Lipinski definition) is 2. The fourth-order valence-corrected chi connectivity index (χ4v) is 3.72. The second-order valence-corrected chi connectivity index (χ2v) is 6.67. The molecule has 0 fully saturated rings. The standard InChI is InChI=1S/C21H28N2O2/c1-3-4-5-6-13-20(24)23-16-15-22-14-9-11-18(22)21(23)17-10-7-8-12-19(17)25-2/h7-12,14,21H,3-6,13,15-16H2,1-2H3. The summed E-state index contributed by atoms with van der Waals surface area (Å²) in [5.41, 5.74) is 2.23. The summed E-state index contributed by atoms with van der Waals surface area (Å²) in [6.07, 6.45) is 7.23. The van der Waals surface area contributed by atoms with Gasteiger partial charge in [-0.15, -0.1) is 0 Å². The maximum absolute atomic E-state index is 13.0. The van der Waals surface area contributed by atoms with E-state index in [1.807, 2.05) is 23.1 Å². The summed E-state index contributed by atoms with van der Waals surface area (Å²) in [6.45, 7) is 3.80. The van der Waals surface area contributed by atoms with Crippen molar-refractivity contribution in [1.82, 2.24) is 9.47 Å². The van der Waals surface area contributed by atoms with E-state index in [2.05, 4.69) is 35.9 Å². The third kappa shape index (κ3) is 3.73. The third-order valence-electron chi connectivity index (χ3n) is 5.04. The summed E-state index contributed by atoms with van der Waals surface area (Å²) >= 11 is 0. The van der Waals surface area contributed by atoms with Crippen LogP contribution in [0.3, 0.4) is 0 Å². The average molecular weight is 340 g/mol. The molecule has 3 rings (SSSR count). The predicted octanol–water partition coefficient (Wildman–Crippen LogP) is 4.40. The Bertz CT molecular complexity index is 707. The maximum atomic E-state index is 13.0. The lowest BCUT2D eigenvalue weighted by Crippen LogP contribution is -2.42. The first-order chi connectivity index (χ1) is 12.3. The summed E-state index contributed by atoms with van der Waals surface area (Å²) in [5, 5.41) is 0. The highest BCUT2D eigenvalue weighted by Crippen LogP contribution is 2.37. The van der Waals surface area contributed by atoms with Crippen molar-refractivity contribution in [2.45, 2.75) is 51.6 Å². The van der Waals surface area contributed by atoms with Crippen LogP contribution < -0.4 is 4.74 Å². The van der Waals surface area contributed by atoms with Crippen LogP contribution in [0.1, 0.15) is 56.3 Å². The normalized spacial score (nSPS) is 16.6. The van der Waals surface area contributed by atoms with Crippen LogP contribution in [0.2, 0.25) is 0 Å². The third-order valence-corrected chi connectivity index (χ3v) is 5.04. The molecule has 0 radical (unpaired) electrons. The topological polar surface area (TPSA) is 34.5 Å². The Hall–Kier alpha value is -2.23. The minimum atomic E-state index is -0.0708. The minimum Gasteiger partial charge on any atom is -0.496 e. The number of unbranched alkanes of at least 4 members (excludes halogenated alkanes) is 3. The maximum Gasteiger partial charge on any atom is 0.223 e. The molecule has 2 heterocycles. The van der Waals surface area contributed by atoms with Crippen LogP contribution in [0.5, 0.6) is 5.75 Å². The van der Waals surface area contributed by atoms with Gasteiger partial charge in [0.25, 0.3) is 0 Å². The zero-order valence-electron chi connectivity index (χ0n) is 15.3. The highest BCUT2D eigenvalue weighted by molar-refractivity contribution is 5.77. The molecule has 0 N–H and O–H groups in total. The number of carbonyl (C=O) groups is 1. The van der Waals surface area contributed by atoms with Crippen molar-refractivity contribution in [1.29, 1.82) is 0 Å². The number of amides is 1. The molecule has 1 aliphatic heterocycles. The van der Waals surface area contributed by atoms with Crippen LogP contribution >= 0.6 is 0 Å². The molecule has 1 unspecified atom stereocenters. The fraction of sp³-hybridized carbons (Fsp3) is 0.476. The number of para-hydroxylation sites is 1. The second kappa shape index (κ2) is 8.24. The summed E-state index contributed by atoms with van der Waals surface area (Å²) in [6, 6.07) is 12.1. The molecule has 4 nitrogen and oxygen atoms in total. The molecule has 1 aliphatic rings. The lowest BCUT2D eigenvalue weighted by Gasteiger charge is -2.38. The van der Waals surface area contributed by atoms with Gasteiger partial charge >= 0.3 is 0 Å². The van der Waals surface area contributed by atoms with Gasteiger partial charge in [0, 0.05) is 37.0 Å². The molecule has 0 aliphatic carbocycles. The van der Waals surface area contributed by atoms with Gasteiger partial charge in [-0.05, 0) is 24.6 Å². The first-order valence-corrected chi connectivity index (χ1v) is 9.33. The number of fused-ring (bicyclic) bond motifs is 1. The Morgan fingerprint density at radius 3 is 2.76 bits per heavy atom. The van der Waals surface area contributed by atoms with Crippen LogP contribution in [0.4, 0.5) is 0 Å². The molecule has 25 heavy (non-hydrogen) atoms. The minimum absolute atomic E-state index is 0.0708. The number of aromatic nitrogens is 1. The molecule has 134 valence electrons. The number of carbonyl (C=O) groups excluding carboxylic acids is 1. The highest BCUT2D eigenvalue weighted by Gasteiger charge is 2.33. The highest BCUT2D eigenvalue weighted by atomic mass is 16.5. The molecular formula is C21H28N2O2. The second-order valence-electron chi connectivity index (χ2n) is 6.67. The van der Waals surface area contributed by atoms with Gasteiger partial charge in [-0.25, -0.2) is 0 Å². The molecule has 0 saturated heterocycles. The molecular weight excluding hydrogens is 312 g/mol. The van der Waals surface area contributed by atoms with Gasteiger partial charge in [-0.2, -0.15) is 0 Å². The van der Waals surface area contributed by atoms with Crippen molar-refractivity contribution in [3.63, 3.8) is 0 Å². The van der Waals surface area contributed by atoms with Crippen molar-refractivity contribution in [3.05, 3.63) is 53.9 Å². The van der Waals surface area contributed by atoms with Gasteiger partial charge in [0.15, 0.2) is 0 Å². The van der Waals surface area contributed by atoms with E-state index < -0.39 is 0 Å². The van der Waals surface area contributed by atoms with Gasteiger partial charge in [-0.1, -0.05) is 44.4 Å². The Labute approximate surface area is 150 Å². The Kier molecular flexibility index (Phi) is 5.79. The van der Waals surface area contributed by atoms with Gasteiger partial charge in [0.05, 0.1) is 7.11 Å². The molecule has 4 heteroatoms. The quantitative estimate of drug-likeness (QED) is 0.700. The Morgan fingerprint density at radius 2 is 1.96 bits per heavy atom. The lowest BCUT2D eigenvalue weighted by atomic mass is 9.98. The van der Waals surface area contributed by atoms with E-state index in [9.17, 15) is 4.79 Å². The van der Waals surface area contributed by atoms with Crippen LogP contribution in [-0.4, -0.2) is 29.0 Å². The molecule has 2 aromatic rings. The van der Waals surface area contributed by atoms with Crippen molar-refractivity contribution < 1.29 is 9.53 Å². The van der Waals surface area contributed by atoms with Crippen molar-refractivity contribution in [2.24, 2.45) is 0 Å². The van der Waals surface area contributed by atoms with E-state index in [4.69, 9.17) is 4.74 Å². The van der Waals surface area contributed by atoms with Crippen LogP contribution in [-0.2, 0) is 11.3 Å². The van der Waals surface area contributed by atoms with Gasteiger partial charge in [0.2, 0.25) is 5.91 Å². The molecule has 0 bridgehead atoms. The molecule has 0 spiro atoms. The first-order valence-electron chi connectivity index (χ1n) is 9.33. The largest absolute Gasteiger partial charge is 0.496 e. The first kappa shape index (κ1) is 17.6. The monoisotopic (exact) mass is 340 g/mol. The van der Waals surface area contributed by atoms with E-state index in [0.29, 0.717) is 6.42 Å². The number of nitrogens with zero attached hydrogens (tertiary/aromatic N) is 2. The van der Waals surface area contributed by atoms with E-state index in [0.717, 1.165) is 42.9 Å². The van der Waals surface area contributed by atoms with Crippen molar-refractivity contribution >= 4 is 5.91 Å². The van der Waals surface area contributed by atoms with E-state index in [-0.39, 0.29) is 11.9 Å². The van der Waals surface area contributed by atoms with Gasteiger partial charge < -0.3 is 14.2 Å². The molecule has 1 aromatic carbocycles. The van der Waals surface area contributed by atoms with E-state index >= 15 is 0 Å².